The second-order valence-corrected chi connectivity index (χ2v) is 5.39. The van der Waals surface area contributed by atoms with Crippen LogP contribution in [0, 0.1) is 10.1 Å². The Bertz CT molecular complexity index is 526. The molecule has 19 heavy (non-hydrogen) atoms. The zero-order chi connectivity index (χ0) is 14.0. The lowest BCUT2D eigenvalue weighted by atomic mass is 9.89. The van der Waals surface area contributed by atoms with Gasteiger partial charge in [-0.1, -0.05) is 12.1 Å². The summed E-state index contributed by atoms with van der Waals surface area (Å²) < 4.78 is 0.356. The van der Waals surface area contributed by atoms with Crippen molar-refractivity contribution in [3.05, 3.63) is 38.3 Å². The third kappa shape index (κ3) is 2.62. The summed E-state index contributed by atoms with van der Waals surface area (Å²) in [5.41, 5.74) is -0.431. The van der Waals surface area contributed by atoms with Crippen LogP contribution < -0.4 is 5.32 Å². The van der Waals surface area contributed by atoms with Crippen molar-refractivity contribution in [1.29, 1.82) is 0 Å². The number of aliphatic carboxylic acids is 1. The van der Waals surface area contributed by atoms with Gasteiger partial charge in [0, 0.05) is 12.5 Å². The van der Waals surface area contributed by atoms with Crippen molar-refractivity contribution in [2.45, 2.75) is 24.8 Å². The van der Waals surface area contributed by atoms with Crippen LogP contribution in [0.25, 0.3) is 0 Å². The highest BCUT2D eigenvalue weighted by molar-refractivity contribution is 9.10. The topological polar surface area (TPSA) is 92.5 Å². The number of carboxylic acid groups (broad SMARTS) is 1. The minimum atomic E-state index is -1.02. The van der Waals surface area contributed by atoms with Gasteiger partial charge in [0.05, 0.1) is 9.40 Å². The molecule has 2 rings (SSSR count). The van der Waals surface area contributed by atoms with Gasteiger partial charge in [0.1, 0.15) is 5.54 Å². The molecule has 102 valence electrons. The van der Waals surface area contributed by atoms with Gasteiger partial charge in [0.25, 0.3) is 5.69 Å². The van der Waals surface area contributed by atoms with Crippen molar-refractivity contribution in [3.63, 3.8) is 0 Å². The van der Waals surface area contributed by atoms with Crippen molar-refractivity contribution in [3.8, 4) is 0 Å². The molecule has 1 aromatic rings. The summed E-state index contributed by atoms with van der Waals surface area (Å²) in [6.45, 7) is 0.652. The number of benzene rings is 1. The summed E-state index contributed by atoms with van der Waals surface area (Å²) in [5.74, 6) is -0.914. The minimum Gasteiger partial charge on any atom is -0.480 e. The van der Waals surface area contributed by atoms with Gasteiger partial charge in [-0.25, -0.2) is 0 Å². The fourth-order valence-corrected chi connectivity index (χ4v) is 2.93. The molecule has 1 aromatic carbocycles. The normalized spacial score (nSPS) is 22.4. The first kappa shape index (κ1) is 14.0. The number of hydrogen-bond donors (Lipinski definition) is 2. The van der Waals surface area contributed by atoms with Crippen LogP contribution in [-0.4, -0.2) is 28.1 Å². The number of nitro groups is 1. The van der Waals surface area contributed by atoms with E-state index in [0.29, 0.717) is 23.0 Å². The maximum Gasteiger partial charge on any atom is 0.324 e. The molecular formula is C12H13BrN2O4. The molecule has 7 heteroatoms. The van der Waals surface area contributed by atoms with Crippen molar-refractivity contribution in [2.24, 2.45) is 0 Å². The first-order valence-electron chi connectivity index (χ1n) is 5.86. The van der Waals surface area contributed by atoms with Gasteiger partial charge in [-0.2, -0.15) is 0 Å². The van der Waals surface area contributed by atoms with Crippen LogP contribution in [0.1, 0.15) is 18.4 Å². The highest BCUT2D eigenvalue weighted by Gasteiger charge is 2.41. The summed E-state index contributed by atoms with van der Waals surface area (Å²) in [4.78, 5) is 21.8. The molecule has 1 aliphatic rings. The van der Waals surface area contributed by atoms with Crippen LogP contribution in [-0.2, 0) is 11.2 Å². The minimum absolute atomic E-state index is 0.0453. The van der Waals surface area contributed by atoms with Crippen LogP contribution in [0.4, 0.5) is 5.69 Å². The smallest absolute Gasteiger partial charge is 0.324 e. The lowest BCUT2D eigenvalue weighted by molar-refractivity contribution is -0.385. The van der Waals surface area contributed by atoms with E-state index in [1.165, 1.54) is 6.07 Å². The Labute approximate surface area is 118 Å². The Balaban J connectivity index is 2.35. The number of nitrogens with one attached hydrogen (secondary N) is 1. The van der Waals surface area contributed by atoms with Crippen LogP contribution >= 0.6 is 15.9 Å². The molecule has 1 fully saturated rings. The molecule has 1 aliphatic heterocycles. The van der Waals surface area contributed by atoms with Crippen molar-refractivity contribution < 1.29 is 14.8 Å². The molecule has 1 atom stereocenters. The Hall–Kier alpha value is -1.47. The van der Waals surface area contributed by atoms with Crippen LogP contribution in [0.15, 0.2) is 22.7 Å². The van der Waals surface area contributed by atoms with E-state index in [9.17, 15) is 20.0 Å². The van der Waals surface area contributed by atoms with E-state index in [1.807, 2.05) is 0 Å². The van der Waals surface area contributed by atoms with E-state index in [4.69, 9.17) is 0 Å². The van der Waals surface area contributed by atoms with E-state index in [2.05, 4.69) is 21.2 Å². The standard InChI is InChI=1S/C12H13BrN2O4/c13-10-8(3-1-4-9(10)15(18)19)7-12(11(16)17)5-2-6-14-12/h1,3-4,14H,2,5-7H2,(H,16,17). The Morgan fingerprint density at radius 1 is 1.58 bits per heavy atom. The summed E-state index contributed by atoms with van der Waals surface area (Å²) in [5, 5.41) is 23.3. The second-order valence-electron chi connectivity index (χ2n) is 4.60. The highest BCUT2D eigenvalue weighted by Crippen LogP contribution is 2.33. The highest BCUT2D eigenvalue weighted by atomic mass is 79.9. The Morgan fingerprint density at radius 3 is 2.84 bits per heavy atom. The number of nitrogens with zero attached hydrogens (tertiary/aromatic N) is 1. The van der Waals surface area contributed by atoms with Crippen LogP contribution in [0.3, 0.4) is 0 Å². The molecule has 0 aromatic heterocycles. The van der Waals surface area contributed by atoms with Gasteiger partial charge < -0.3 is 10.4 Å². The largest absolute Gasteiger partial charge is 0.480 e. The summed E-state index contributed by atoms with van der Waals surface area (Å²) in [7, 11) is 0. The lowest BCUT2D eigenvalue weighted by Gasteiger charge is -2.24. The van der Waals surface area contributed by atoms with Gasteiger partial charge in [0.15, 0.2) is 0 Å². The Kier molecular flexibility index (Phi) is 3.86. The number of carbonyl (C=O) groups is 1. The molecule has 0 bridgehead atoms. The predicted molar refractivity (Wildman–Crippen MR) is 72.1 cm³/mol. The molecule has 0 saturated carbocycles. The van der Waals surface area contributed by atoms with Gasteiger partial charge in [-0.05, 0) is 40.9 Å². The number of rotatable bonds is 4. The van der Waals surface area contributed by atoms with Crippen LogP contribution in [0.2, 0.25) is 0 Å². The number of halogens is 1. The summed E-state index contributed by atoms with van der Waals surface area (Å²) in [6, 6.07) is 4.67. The molecule has 0 aliphatic carbocycles. The van der Waals surface area contributed by atoms with E-state index < -0.39 is 16.4 Å². The third-order valence-electron chi connectivity index (χ3n) is 3.40. The monoisotopic (exact) mass is 328 g/mol. The van der Waals surface area contributed by atoms with Crippen molar-refractivity contribution in [1.82, 2.24) is 5.32 Å². The molecular weight excluding hydrogens is 316 g/mol. The molecule has 1 unspecified atom stereocenters. The molecule has 0 radical (unpaired) electrons. The Morgan fingerprint density at radius 2 is 2.32 bits per heavy atom. The fourth-order valence-electron chi connectivity index (χ4n) is 2.38. The van der Waals surface area contributed by atoms with Gasteiger partial charge in [0.2, 0.25) is 0 Å². The average Bonchev–Trinajstić information content (AvgIpc) is 2.81. The van der Waals surface area contributed by atoms with Crippen molar-refractivity contribution in [2.75, 3.05) is 6.54 Å². The van der Waals surface area contributed by atoms with E-state index in [-0.39, 0.29) is 12.1 Å². The zero-order valence-corrected chi connectivity index (χ0v) is 11.6. The van der Waals surface area contributed by atoms with Gasteiger partial charge >= 0.3 is 5.97 Å². The molecule has 1 heterocycles. The molecule has 0 amide bonds. The van der Waals surface area contributed by atoms with Crippen molar-refractivity contribution >= 4 is 27.6 Å². The SMILES string of the molecule is O=C(O)C1(Cc2cccc([N+](=O)[O-])c2Br)CCCN1. The third-order valence-corrected chi connectivity index (χ3v) is 4.32. The number of hydrogen-bond acceptors (Lipinski definition) is 4. The molecule has 6 nitrogen and oxygen atoms in total. The predicted octanol–water partition coefficient (Wildman–Crippen LogP) is 2.11. The zero-order valence-electron chi connectivity index (χ0n) is 10.1. The lowest BCUT2D eigenvalue weighted by Crippen LogP contribution is -2.49. The quantitative estimate of drug-likeness (QED) is 0.652. The maximum atomic E-state index is 11.4. The van der Waals surface area contributed by atoms with Gasteiger partial charge in [-0.15, -0.1) is 0 Å². The summed E-state index contributed by atoms with van der Waals surface area (Å²) >= 11 is 3.20. The molecule has 2 N–H and O–H groups in total. The first-order chi connectivity index (χ1) is 8.96. The second kappa shape index (κ2) is 5.26. The molecule has 0 spiro atoms. The van der Waals surface area contributed by atoms with E-state index >= 15 is 0 Å². The fraction of sp³-hybridized carbons (Fsp3) is 0.417. The van der Waals surface area contributed by atoms with Crippen LogP contribution in [0.5, 0.6) is 0 Å². The van der Waals surface area contributed by atoms with E-state index in [0.717, 1.165) is 6.42 Å². The van der Waals surface area contributed by atoms with E-state index in [1.54, 1.807) is 12.1 Å². The maximum absolute atomic E-state index is 11.4. The summed E-state index contributed by atoms with van der Waals surface area (Å²) in [6.07, 6.45) is 1.54. The average molecular weight is 329 g/mol. The van der Waals surface area contributed by atoms with Gasteiger partial charge in [-0.3, -0.25) is 14.9 Å². The number of carboxylic acids is 1. The molecule has 1 saturated heterocycles. The number of nitro benzene ring substituents is 1. The first-order valence-corrected chi connectivity index (χ1v) is 6.66.